The van der Waals surface area contributed by atoms with Gasteiger partial charge in [0.2, 0.25) is 10.0 Å². The molecule has 0 saturated heterocycles. The van der Waals surface area contributed by atoms with E-state index in [0.29, 0.717) is 17.0 Å². The van der Waals surface area contributed by atoms with Crippen LogP contribution in [-0.2, 0) is 19.6 Å². The molecule has 0 radical (unpaired) electrons. The number of fused-ring (bicyclic) bond motifs is 1. The van der Waals surface area contributed by atoms with Gasteiger partial charge in [0, 0.05) is 12.6 Å². The maximum atomic E-state index is 12.5. The molecule has 29 heavy (non-hydrogen) atoms. The van der Waals surface area contributed by atoms with Gasteiger partial charge in [-0.2, -0.15) is 0 Å². The summed E-state index contributed by atoms with van der Waals surface area (Å²) < 4.78 is 42.8. The maximum Gasteiger partial charge on any atom is 0.337 e. The molecule has 11 heteroatoms. The summed E-state index contributed by atoms with van der Waals surface area (Å²) in [7, 11) is -2.67. The van der Waals surface area contributed by atoms with Crippen molar-refractivity contribution in [3.63, 3.8) is 0 Å². The number of hydrogen-bond acceptors (Lipinski definition) is 7. The highest BCUT2D eigenvalue weighted by Gasteiger charge is 2.24. The fraction of sp³-hybridized carbons (Fsp3) is 0.222. The predicted molar refractivity (Wildman–Crippen MR) is 104 cm³/mol. The number of hydrogen-bond donors (Lipinski definition) is 2. The summed E-state index contributed by atoms with van der Waals surface area (Å²) >= 11 is 6.06. The molecule has 0 spiro atoms. The van der Waals surface area contributed by atoms with Gasteiger partial charge in [0.05, 0.1) is 23.4 Å². The smallest absolute Gasteiger partial charge is 0.337 e. The van der Waals surface area contributed by atoms with Crippen LogP contribution < -0.4 is 19.5 Å². The zero-order valence-corrected chi connectivity index (χ0v) is 16.8. The van der Waals surface area contributed by atoms with Crippen molar-refractivity contribution in [2.75, 3.05) is 32.2 Å². The third-order valence-corrected chi connectivity index (χ3v) is 5.80. The van der Waals surface area contributed by atoms with Gasteiger partial charge in [-0.1, -0.05) is 17.7 Å². The monoisotopic (exact) mass is 440 g/mol. The number of sulfonamides is 1. The molecule has 0 aliphatic carbocycles. The number of esters is 1. The first-order valence-corrected chi connectivity index (χ1v) is 10.2. The quantitative estimate of drug-likeness (QED) is 0.497. The van der Waals surface area contributed by atoms with Crippen molar-refractivity contribution in [2.24, 2.45) is 0 Å². The van der Waals surface area contributed by atoms with Crippen LogP contribution in [0, 0.1) is 0 Å². The van der Waals surface area contributed by atoms with Gasteiger partial charge in [-0.05, 0) is 24.3 Å². The zero-order chi connectivity index (χ0) is 21.0. The number of benzene rings is 2. The van der Waals surface area contributed by atoms with Gasteiger partial charge in [0.1, 0.15) is 23.0 Å². The van der Waals surface area contributed by atoms with Crippen LogP contribution in [0.1, 0.15) is 10.4 Å². The molecular formula is C18H17ClN2O7S. The van der Waals surface area contributed by atoms with E-state index in [1.807, 2.05) is 0 Å². The van der Waals surface area contributed by atoms with E-state index in [0.717, 1.165) is 0 Å². The van der Waals surface area contributed by atoms with E-state index in [-0.39, 0.29) is 41.3 Å². The lowest BCUT2D eigenvalue weighted by molar-refractivity contribution is -0.118. The van der Waals surface area contributed by atoms with E-state index in [1.165, 1.54) is 25.3 Å². The van der Waals surface area contributed by atoms with Crippen molar-refractivity contribution >= 4 is 39.2 Å². The Hall–Kier alpha value is -2.82. The number of amides is 1. The number of nitrogens with one attached hydrogen (secondary N) is 2. The van der Waals surface area contributed by atoms with Crippen molar-refractivity contribution in [3.05, 3.63) is 47.0 Å². The Morgan fingerprint density at radius 1 is 1.31 bits per heavy atom. The SMILES string of the molecule is COC(=O)c1cccc(OCCNS(=O)(=O)c2cc3c(cc2Cl)NC(=O)CO3)c1. The number of methoxy groups -OCH3 is 1. The molecule has 0 atom stereocenters. The summed E-state index contributed by atoms with van der Waals surface area (Å²) in [4.78, 5) is 22.7. The Morgan fingerprint density at radius 3 is 2.86 bits per heavy atom. The van der Waals surface area contributed by atoms with Crippen LogP contribution in [0.5, 0.6) is 11.5 Å². The topological polar surface area (TPSA) is 120 Å². The molecule has 154 valence electrons. The second-order valence-electron chi connectivity index (χ2n) is 5.88. The summed E-state index contributed by atoms with van der Waals surface area (Å²) in [6.45, 7) is -0.241. The van der Waals surface area contributed by atoms with Crippen LogP contribution >= 0.6 is 11.6 Å². The summed E-state index contributed by atoms with van der Waals surface area (Å²) in [6.07, 6.45) is 0. The van der Waals surface area contributed by atoms with E-state index in [4.69, 9.17) is 21.1 Å². The number of rotatable bonds is 7. The van der Waals surface area contributed by atoms with Crippen LogP contribution in [0.2, 0.25) is 5.02 Å². The van der Waals surface area contributed by atoms with Gasteiger partial charge in [-0.15, -0.1) is 0 Å². The second kappa shape index (κ2) is 8.68. The first-order valence-electron chi connectivity index (χ1n) is 8.37. The van der Waals surface area contributed by atoms with Gasteiger partial charge in [-0.3, -0.25) is 4.79 Å². The lowest BCUT2D eigenvalue weighted by Gasteiger charge is -2.19. The zero-order valence-electron chi connectivity index (χ0n) is 15.2. The third kappa shape index (κ3) is 4.97. The first-order chi connectivity index (χ1) is 13.8. The third-order valence-electron chi connectivity index (χ3n) is 3.87. The van der Waals surface area contributed by atoms with E-state index in [2.05, 4.69) is 14.8 Å². The Labute approximate surface area is 171 Å². The molecule has 1 amide bonds. The fourth-order valence-corrected chi connectivity index (χ4v) is 4.09. The van der Waals surface area contributed by atoms with Crippen molar-refractivity contribution in [2.45, 2.75) is 4.90 Å². The van der Waals surface area contributed by atoms with E-state index in [1.54, 1.807) is 18.2 Å². The van der Waals surface area contributed by atoms with E-state index in [9.17, 15) is 18.0 Å². The molecule has 0 bridgehead atoms. The molecule has 9 nitrogen and oxygen atoms in total. The maximum absolute atomic E-state index is 12.5. The lowest BCUT2D eigenvalue weighted by Crippen LogP contribution is -2.29. The van der Waals surface area contributed by atoms with Gasteiger partial charge < -0.3 is 19.5 Å². The molecule has 2 aromatic carbocycles. The number of carbonyl (C=O) groups excluding carboxylic acids is 2. The number of carbonyl (C=O) groups is 2. The normalized spacial score (nSPS) is 13.1. The minimum atomic E-state index is -3.95. The molecule has 2 aromatic rings. The summed E-state index contributed by atoms with van der Waals surface area (Å²) in [5.41, 5.74) is 0.623. The predicted octanol–water partition coefficient (Wildman–Crippen LogP) is 1.81. The van der Waals surface area contributed by atoms with Crippen molar-refractivity contribution in [3.8, 4) is 11.5 Å². The van der Waals surface area contributed by atoms with Crippen LogP contribution in [0.25, 0.3) is 0 Å². The fourth-order valence-electron chi connectivity index (χ4n) is 2.54. The van der Waals surface area contributed by atoms with Gasteiger partial charge >= 0.3 is 5.97 Å². The summed E-state index contributed by atoms with van der Waals surface area (Å²) in [5, 5.41) is 2.49. The average molecular weight is 441 g/mol. The largest absolute Gasteiger partial charge is 0.492 e. The van der Waals surface area contributed by atoms with Crippen LogP contribution in [-0.4, -0.2) is 47.2 Å². The Bertz CT molecular complexity index is 1060. The van der Waals surface area contributed by atoms with E-state index < -0.39 is 16.0 Å². The molecule has 0 saturated carbocycles. The number of ether oxygens (including phenoxy) is 3. The number of anilines is 1. The average Bonchev–Trinajstić information content (AvgIpc) is 2.70. The van der Waals surface area contributed by atoms with Gasteiger partial charge in [-0.25, -0.2) is 17.9 Å². The summed E-state index contributed by atoms with van der Waals surface area (Å²) in [6, 6.07) is 8.89. The highest BCUT2D eigenvalue weighted by Crippen LogP contribution is 2.35. The molecular weight excluding hydrogens is 424 g/mol. The lowest BCUT2D eigenvalue weighted by atomic mass is 10.2. The highest BCUT2D eigenvalue weighted by molar-refractivity contribution is 7.89. The Kier molecular flexibility index (Phi) is 6.26. The van der Waals surface area contributed by atoms with Crippen molar-refractivity contribution in [1.82, 2.24) is 4.72 Å². The molecule has 1 aliphatic rings. The number of halogens is 1. The Balaban J connectivity index is 1.62. The van der Waals surface area contributed by atoms with Crippen LogP contribution in [0.15, 0.2) is 41.3 Å². The molecule has 3 rings (SSSR count). The summed E-state index contributed by atoms with van der Waals surface area (Å²) in [5.74, 6) is -0.249. The van der Waals surface area contributed by atoms with Crippen LogP contribution in [0.4, 0.5) is 5.69 Å². The van der Waals surface area contributed by atoms with E-state index >= 15 is 0 Å². The minimum Gasteiger partial charge on any atom is -0.492 e. The van der Waals surface area contributed by atoms with Crippen molar-refractivity contribution in [1.29, 1.82) is 0 Å². The minimum absolute atomic E-state index is 0.0129. The van der Waals surface area contributed by atoms with Gasteiger partial charge in [0.15, 0.2) is 6.61 Å². The molecule has 0 unspecified atom stereocenters. The highest BCUT2D eigenvalue weighted by atomic mass is 35.5. The molecule has 1 heterocycles. The van der Waals surface area contributed by atoms with Gasteiger partial charge in [0.25, 0.3) is 5.91 Å². The standard InChI is InChI=1S/C18H17ClN2O7S/c1-26-18(23)11-3-2-4-12(7-11)27-6-5-20-29(24,25)16-9-15-14(8-13(16)19)21-17(22)10-28-15/h2-4,7-9,20H,5-6,10H2,1H3,(H,21,22). The second-order valence-corrected chi connectivity index (χ2v) is 8.02. The van der Waals surface area contributed by atoms with Crippen molar-refractivity contribution < 1.29 is 32.2 Å². The molecule has 0 fully saturated rings. The first kappa shape index (κ1) is 20.9. The van der Waals surface area contributed by atoms with Crippen LogP contribution in [0.3, 0.4) is 0 Å². The molecule has 1 aliphatic heterocycles. The molecule has 2 N–H and O–H groups in total. The Morgan fingerprint density at radius 2 is 2.10 bits per heavy atom. The molecule has 0 aromatic heterocycles.